The van der Waals surface area contributed by atoms with Crippen LogP contribution in [0.3, 0.4) is 0 Å². The first-order valence-electron chi connectivity index (χ1n) is 5.27. The van der Waals surface area contributed by atoms with Crippen LogP contribution in [-0.2, 0) is 11.2 Å². The second kappa shape index (κ2) is 4.19. The molecule has 3 heteroatoms. The zero-order valence-corrected chi connectivity index (χ0v) is 9.72. The maximum absolute atomic E-state index is 11.7. The Morgan fingerprint density at radius 2 is 2.60 bits per heavy atom. The fourth-order valence-corrected chi connectivity index (χ4v) is 3.15. The Labute approximate surface area is 94.2 Å². The summed E-state index contributed by atoms with van der Waals surface area (Å²) in [5, 5.41) is 2.12. The third-order valence-electron chi connectivity index (χ3n) is 2.94. The third-order valence-corrected chi connectivity index (χ3v) is 3.94. The molecule has 1 amide bonds. The standard InChI is InChI=1S/C12H15NOS/c1-3-10-9-6-8-15-11(9)5-7-13(10)12(14)4-2/h4,6,8,10H,2-3,5,7H2,1H3. The van der Waals surface area contributed by atoms with E-state index < -0.39 is 0 Å². The van der Waals surface area contributed by atoms with Crippen LogP contribution in [0.2, 0.25) is 0 Å². The van der Waals surface area contributed by atoms with Crippen molar-refractivity contribution in [3.63, 3.8) is 0 Å². The Hall–Kier alpha value is -1.09. The van der Waals surface area contributed by atoms with E-state index in [0.717, 1.165) is 19.4 Å². The highest BCUT2D eigenvalue weighted by Crippen LogP contribution is 2.35. The van der Waals surface area contributed by atoms with E-state index in [2.05, 4.69) is 24.9 Å². The van der Waals surface area contributed by atoms with Crippen LogP contribution in [0.15, 0.2) is 24.1 Å². The van der Waals surface area contributed by atoms with Gasteiger partial charge in [0.25, 0.3) is 0 Å². The Kier molecular flexibility index (Phi) is 2.91. The van der Waals surface area contributed by atoms with Crippen LogP contribution in [0.5, 0.6) is 0 Å². The third kappa shape index (κ3) is 1.72. The van der Waals surface area contributed by atoms with Gasteiger partial charge in [-0.05, 0) is 35.9 Å². The molecular formula is C12H15NOS. The van der Waals surface area contributed by atoms with Gasteiger partial charge in [-0.15, -0.1) is 11.3 Å². The summed E-state index contributed by atoms with van der Waals surface area (Å²) in [6.07, 6.45) is 3.38. The molecule has 15 heavy (non-hydrogen) atoms. The Balaban J connectivity index is 2.32. The number of rotatable bonds is 2. The van der Waals surface area contributed by atoms with E-state index >= 15 is 0 Å². The molecule has 0 bridgehead atoms. The molecule has 0 radical (unpaired) electrons. The van der Waals surface area contributed by atoms with Crippen LogP contribution in [0.4, 0.5) is 0 Å². The van der Waals surface area contributed by atoms with Crippen molar-refractivity contribution in [2.75, 3.05) is 6.54 Å². The molecule has 80 valence electrons. The van der Waals surface area contributed by atoms with Gasteiger partial charge in [0, 0.05) is 11.4 Å². The predicted molar refractivity (Wildman–Crippen MR) is 63.0 cm³/mol. The first-order valence-corrected chi connectivity index (χ1v) is 6.15. The predicted octanol–water partition coefficient (Wildman–Crippen LogP) is 2.77. The summed E-state index contributed by atoms with van der Waals surface area (Å²) in [7, 11) is 0. The number of carbonyl (C=O) groups is 1. The fourth-order valence-electron chi connectivity index (χ4n) is 2.22. The van der Waals surface area contributed by atoms with E-state index in [1.165, 1.54) is 16.5 Å². The SMILES string of the molecule is C=CC(=O)N1CCc2sccc2C1CC. The van der Waals surface area contributed by atoms with Crippen LogP contribution in [-0.4, -0.2) is 17.4 Å². The molecule has 0 N–H and O–H groups in total. The molecule has 0 spiro atoms. The van der Waals surface area contributed by atoms with Crippen LogP contribution < -0.4 is 0 Å². The zero-order valence-electron chi connectivity index (χ0n) is 8.90. The number of thiophene rings is 1. The van der Waals surface area contributed by atoms with Gasteiger partial charge in [-0.1, -0.05) is 13.5 Å². The second-order valence-corrected chi connectivity index (χ2v) is 4.71. The largest absolute Gasteiger partial charge is 0.332 e. The summed E-state index contributed by atoms with van der Waals surface area (Å²) in [5.41, 5.74) is 1.34. The molecule has 1 aromatic heterocycles. The van der Waals surface area contributed by atoms with Crippen molar-refractivity contribution < 1.29 is 4.79 Å². The minimum absolute atomic E-state index is 0.0544. The lowest BCUT2D eigenvalue weighted by Gasteiger charge is -2.34. The van der Waals surface area contributed by atoms with Gasteiger partial charge in [0.1, 0.15) is 0 Å². The fraction of sp³-hybridized carbons (Fsp3) is 0.417. The maximum Gasteiger partial charge on any atom is 0.246 e. The van der Waals surface area contributed by atoms with Gasteiger partial charge in [-0.25, -0.2) is 0 Å². The van der Waals surface area contributed by atoms with Crippen molar-refractivity contribution in [3.8, 4) is 0 Å². The molecule has 0 saturated heterocycles. The lowest BCUT2D eigenvalue weighted by molar-refractivity contribution is -0.128. The van der Waals surface area contributed by atoms with Gasteiger partial charge in [0.05, 0.1) is 6.04 Å². The zero-order chi connectivity index (χ0) is 10.8. The quantitative estimate of drug-likeness (QED) is 0.703. The van der Waals surface area contributed by atoms with Crippen molar-refractivity contribution in [2.24, 2.45) is 0 Å². The highest BCUT2D eigenvalue weighted by molar-refractivity contribution is 7.10. The molecule has 1 aromatic rings. The average Bonchev–Trinajstić information content (AvgIpc) is 2.74. The molecule has 0 saturated carbocycles. The van der Waals surface area contributed by atoms with Crippen LogP contribution >= 0.6 is 11.3 Å². The number of carbonyl (C=O) groups excluding carboxylic acids is 1. The van der Waals surface area contributed by atoms with Gasteiger partial charge < -0.3 is 4.90 Å². The number of hydrogen-bond acceptors (Lipinski definition) is 2. The van der Waals surface area contributed by atoms with Gasteiger partial charge in [-0.3, -0.25) is 4.79 Å². The van der Waals surface area contributed by atoms with E-state index in [4.69, 9.17) is 0 Å². The number of amides is 1. The average molecular weight is 221 g/mol. The van der Waals surface area contributed by atoms with Gasteiger partial charge in [0.15, 0.2) is 0 Å². The van der Waals surface area contributed by atoms with Crippen molar-refractivity contribution in [2.45, 2.75) is 25.8 Å². The molecule has 0 aliphatic carbocycles. The topological polar surface area (TPSA) is 20.3 Å². The summed E-state index contributed by atoms with van der Waals surface area (Å²) in [5.74, 6) is 0.0544. The normalized spacial score (nSPS) is 19.8. The second-order valence-electron chi connectivity index (χ2n) is 3.71. The van der Waals surface area contributed by atoms with Gasteiger partial charge in [0.2, 0.25) is 5.91 Å². The molecule has 0 fully saturated rings. The molecule has 2 nitrogen and oxygen atoms in total. The van der Waals surface area contributed by atoms with Crippen molar-refractivity contribution in [3.05, 3.63) is 34.5 Å². The molecule has 0 aromatic carbocycles. The first-order chi connectivity index (χ1) is 7.27. The van der Waals surface area contributed by atoms with Crippen LogP contribution in [0.25, 0.3) is 0 Å². The molecule has 2 heterocycles. The molecule has 1 aliphatic heterocycles. The Bertz CT molecular complexity index is 383. The van der Waals surface area contributed by atoms with Gasteiger partial charge in [-0.2, -0.15) is 0 Å². The van der Waals surface area contributed by atoms with Crippen molar-refractivity contribution in [1.82, 2.24) is 4.90 Å². The lowest BCUT2D eigenvalue weighted by Crippen LogP contribution is -2.38. The molecule has 1 atom stereocenters. The van der Waals surface area contributed by atoms with E-state index in [-0.39, 0.29) is 11.9 Å². The summed E-state index contributed by atoms with van der Waals surface area (Å²) in [6.45, 7) is 6.52. The van der Waals surface area contributed by atoms with Gasteiger partial charge >= 0.3 is 0 Å². The highest BCUT2D eigenvalue weighted by Gasteiger charge is 2.28. The molecular weight excluding hydrogens is 206 g/mol. The summed E-state index contributed by atoms with van der Waals surface area (Å²) in [4.78, 5) is 15.1. The monoisotopic (exact) mass is 221 g/mol. The van der Waals surface area contributed by atoms with E-state index in [9.17, 15) is 4.79 Å². The van der Waals surface area contributed by atoms with E-state index in [0.29, 0.717) is 0 Å². The molecule has 1 aliphatic rings. The lowest BCUT2D eigenvalue weighted by atomic mass is 9.98. The van der Waals surface area contributed by atoms with Crippen LogP contribution in [0.1, 0.15) is 29.8 Å². The molecule has 1 unspecified atom stereocenters. The minimum Gasteiger partial charge on any atom is -0.332 e. The molecule has 2 rings (SSSR count). The maximum atomic E-state index is 11.7. The number of hydrogen-bond donors (Lipinski definition) is 0. The summed E-state index contributed by atoms with van der Waals surface area (Å²) < 4.78 is 0. The Morgan fingerprint density at radius 1 is 1.80 bits per heavy atom. The van der Waals surface area contributed by atoms with E-state index in [1.54, 1.807) is 11.3 Å². The summed E-state index contributed by atoms with van der Waals surface area (Å²) >= 11 is 1.80. The van der Waals surface area contributed by atoms with Crippen LogP contribution in [0, 0.1) is 0 Å². The number of fused-ring (bicyclic) bond motifs is 1. The number of nitrogens with zero attached hydrogens (tertiary/aromatic N) is 1. The van der Waals surface area contributed by atoms with Crippen molar-refractivity contribution >= 4 is 17.2 Å². The Morgan fingerprint density at radius 3 is 3.27 bits per heavy atom. The summed E-state index contributed by atoms with van der Waals surface area (Å²) in [6, 6.07) is 2.40. The van der Waals surface area contributed by atoms with Crippen molar-refractivity contribution in [1.29, 1.82) is 0 Å². The first kappa shape index (κ1) is 10.4. The van der Waals surface area contributed by atoms with E-state index in [1.807, 2.05) is 4.90 Å². The smallest absolute Gasteiger partial charge is 0.246 e. The highest BCUT2D eigenvalue weighted by atomic mass is 32.1. The minimum atomic E-state index is 0.0544.